The van der Waals surface area contributed by atoms with E-state index in [-0.39, 0.29) is 17.9 Å². The molecular formula is C29H28FN3O2S. The Balaban J connectivity index is 1.43. The van der Waals surface area contributed by atoms with E-state index in [0.717, 1.165) is 35.4 Å². The number of urea groups is 1. The molecule has 0 saturated heterocycles. The third-order valence-electron chi connectivity index (χ3n) is 7.21. The highest BCUT2D eigenvalue weighted by atomic mass is 32.1. The standard InChI is InChI=1S/C29H28FN3O2S/c1-35-22-7-4-6-20(16-22)27-25-9-5-15-32(25)28-24(23-8-2-3-10-26(23)36-28)18-33(27)29(34)31-17-19-11-13-21(30)14-12-19/h4-7,9,11-16,27H,2-3,8,10,17-18H2,1H3,(H,31,34). The number of amides is 2. The number of rotatable bonds is 4. The van der Waals surface area contributed by atoms with Crippen molar-refractivity contribution < 1.29 is 13.9 Å². The number of nitrogens with one attached hydrogen (secondary N) is 1. The van der Waals surface area contributed by atoms with Crippen LogP contribution in [-0.2, 0) is 25.9 Å². The van der Waals surface area contributed by atoms with Gasteiger partial charge >= 0.3 is 6.03 Å². The molecule has 7 heteroatoms. The third-order valence-corrected chi connectivity index (χ3v) is 8.54. The lowest BCUT2D eigenvalue weighted by molar-refractivity contribution is 0.180. The van der Waals surface area contributed by atoms with Crippen LogP contribution in [0.1, 0.15) is 51.7 Å². The van der Waals surface area contributed by atoms with Crippen molar-refractivity contribution >= 4 is 17.4 Å². The Kier molecular flexibility index (Phi) is 6.01. The summed E-state index contributed by atoms with van der Waals surface area (Å²) in [7, 11) is 1.66. The minimum atomic E-state index is -0.290. The summed E-state index contributed by atoms with van der Waals surface area (Å²) in [6.45, 7) is 0.857. The van der Waals surface area contributed by atoms with E-state index in [1.165, 1.54) is 46.0 Å². The fourth-order valence-electron chi connectivity index (χ4n) is 5.43. The van der Waals surface area contributed by atoms with Gasteiger partial charge in [0.05, 0.1) is 25.4 Å². The molecule has 184 valence electrons. The van der Waals surface area contributed by atoms with Crippen LogP contribution in [0.15, 0.2) is 66.9 Å². The van der Waals surface area contributed by atoms with Gasteiger partial charge in [0.2, 0.25) is 0 Å². The zero-order valence-corrected chi connectivity index (χ0v) is 21.0. The largest absolute Gasteiger partial charge is 0.497 e. The van der Waals surface area contributed by atoms with Crippen LogP contribution >= 0.6 is 11.3 Å². The van der Waals surface area contributed by atoms with E-state index in [1.54, 1.807) is 19.2 Å². The van der Waals surface area contributed by atoms with E-state index >= 15 is 0 Å². The lowest BCUT2D eigenvalue weighted by atomic mass is 9.95. The van der Waals surface area contributed by atoms with Gasteiger partial charge in [-0.1, -0.05) is 24.3 Å². The molecule has 0 fully saturated rings. The van der Waals surface area contributed by atoms with Crippen molar-refractivity contribution in [2.24, 2.45) is 0 Å². The third kappa shape index (κ3) is 4.07. The molecule has 1 atom stereocenters. The number of thiophene rings is 1. The van der Waals surface area contributed by atoms with E-state index in [4.69, 9.17) is 4.74 Å². The number of hydrogen-bond donors (Lipinski definition) is 1. The van der Waals surface area contributed by atoms with Gasteiger partial charge in [-0.15, -0.1) is 11.3 Å². The summed E-state index contributed by atoms with van der Waals surface area (Å²) >= 11 is 1.87. The van der Waals surface area contributed by atoms with Crippen molar-refractivity contribution in [2.45, 2.75) is 44.8 Å². The summed E-state index contributed by atoms with van der Waals surface area (Å²) in [5.41, 5.74) is 5.58. The highest BCUT2D eigenvalue weighted by Gasteiger charge is 2.36. The van der Waals surface area contributed by atoms with Gasteiger partial charge in [-0.2, -0.15) is 0 Å². The van der Waals surface area contributed by atoms with Crippen molar-refractivity contribution in [2.75, 3.05) is 7.11 Å². The first kappa shape index (κ1) is 22.9. The van der Waals surface area contributed by atoms with Gasteiger partial charge in [0, 0.05) is 23.2 Å². The van der Waals surface area contributed by atoms with Crippen LogP contribution in [0.2, 0.25) is 0 Å². The van der Waals surface area contributed by atoms with Gasteiger partial charge in [0.15, 0.2) is 0 Å². The second kappa shape index (κ2) is 9.47. The van der Waals surface area contributed by atoms with Gasteiger partial charge in [-0.05, 0) is 78.8 Å². The molecule has 2 amide bonds. The number of methoxy groups -OCH3 is 1. The average Bonchev–Trinajstić information content (AvgIpc) is 3.50. The molecule has 3 heterocycles. The number of ether oxygens (including phenoxy) is 1. The molecule has 1 aliphatic carbocycles. The minimum Gasteiger partial charge on any atom is -0.497 e. The summed E-state index contributed by atoms with van der Waals surface area (Å²) in [6.07, 6.45) is 6.69. The zero-order valence-electron chi connectivity index (χ0n) is 20.2. The highest BCUT2D eigenvalue weighted by Crippen LogP contribution is 2.44. The highest BCUT2D eigenvalue weighted by molar-refractivity contribution is 7.15. The molecule has 2 aromatic heterocycles. The molecule has 0 bridgehead atoms. The van der Waals surface area contributed by atoms with Crippen molar-refractivity contribution in [1.29, 1.82) is 0 Å². The van der Waals surface area contributed by atoms with E-state index in [2.05, 4.69) is 34.3 Å². The van der Waals surface area contributed by atoms with Crippen LogP contribution < -0.4 is 10.1 Å². The Morgan fingerprint density at radius 3 is 2.75 bits per heavy atom. The topological polar surface area (TPSA) is 46.5 Å². The average molecular weight is 502 g/mol. The molecule has 2 aromatic carbocycles. The predicted molar refractivity (Wildman–Crippen MR) is 139 cm³/mol. The van der Waals surface area contributed by atoms with Gasteiger partial charge in [0.25, 0.3) is 0 Å². The summed E-state index contributed by atoms with van der Waals surface area (Å²) in [5, 5.41) is 4.32. The maximum Gasteiger partial charge on any atom is 0.318 e. The van der Waals surface area contributed by atoms with Crippen molar-refractivity contribution in [3.63, 3.8) is 0 Å². The number of halogens is 1. The van der Waals surface area contributed by atoms with E-state index in [1.807, 2.05) is 34.4 Å². The molecule has 0 radical (unpaired) electrons. The predicted octanol–water partition coefficient (Wildman–Crippen LogP) is 6.38. The molecular weight excluding hydrogens is 473 g/mol. The molecule has 4 aromatic rings. The molecule has 0 saturated carbocycles. The first-order valence-corrected chi connectivity index (χ1v) is 13.2. The lowest BCUT2D eigenvalue weighted by Gasteiger charge is -2.31. The molecule has 1 aliphatic heterocycles. The number of carbonyl (C=O) groups excluding carboxylic acids is 1. The van der Waals surface area contributed by atoms with Crippen LogP contribution in [-0.4, -0.2) is 22.6 Å². The van der Waals surface area contributed by atoms with Gasteiger partial charge < -0.3 is 19.5 Å². The number of nitrogens with zero attached hydrogens (tertiary/aromatic N) is 2. The molecule has 1 unspecified atom stereocenters. The Bertz CT molecular complexity index is 1410. The molecule has 2 aliphatic rings. The van der Waals surface area contributed by atoms with Crippen molar-refractivity contribution in [3.05, 3.63) is 106 Å². The number of benzene rings is 2. The zero-order chi connectivity index (χ0) is 24.6. The van der Waals surface area contributed by atoms with Gasteiger partial charge in [0.1, 0.15) is 16.6 Å². The Morgan fingerprint density at radius 1 is 1.08 bits per heavy atom. The second-order valence-corrected chi connectivity index (χ2v) is 10.5. The number of aryl methyl sites for hydroxylation is 1. The monoisotopic (exact) mass is 501 g/mol. The van der Waals surface area contributed by atoms with E-state index in [0.29, 0.717) is 13.1 Å². The Labute approximate surface area is 214 Å². The van der Waals surface area contributed by atoms with Crippen LogP contribution in [0.5, 0.6) is 5.75 Å². The maximum atomic E-state index is 13.9. The van der Waals surface area contributed by atoms with Crippen molar-refractivity contribution in [3.8, 4) is 10.8 Å². The molecule has 36 heavy (non-hydrogen) atoms. The summed E-state index contributed by atoms with van der Waals surface area (Å²) in [4.78, 5) is 17.3. The summed E-state index contributed by atoms with van der Waals surface area (Å²) < 4.78 is 21.2. The lowest BCUT2D eigenvalue weighted by Crippen LogP contribution is -2.41. The van der Waals surface area contributed by atoms with Crippen LogP contribution in [0, 0.1) is 5.82 Å². The van der Waals surface area contributed by atoms with Gasteiger partial charge in [-0.3, -0.25) is 0 Å². The normalized spacial score (nSPS) is 16.5. The molecule has 0 spiro atoms. The quantitative estimate of drug-likeness (QED) is 0.353. The number of aromatic nitrogens is 1. The second-order valence-electron chi connectivity index (χ2n) is 9.39. The minimum absolute atomic E-state index is 0.150. The first-order chi connectivity index (χ1) is 17.6. The maximum absolute atomic E-state index is 13.9. The number of fused-ring (bicyclic) bond motifs is 5. The van der Waals surface area contributed by atoms with E-state index < -0.39 is 0 Å². The van der Waals surface area contributed by atoms with Gasteiger partial charge in [-0.25, -0.2) is 9.18 Å². The van der Waals surface area contributed by atoms with Crippen LogP contribution in [0.25, 0.3) is 5.00 Å². The summed E-state index contributed by atoms with van der Waals surface area (Å²) in [5.74, 6) is 0.472. The SMILES string of the molecule is COc1cccc(C2c3cccn3-c3sc4c(c3CN2C(=O)NCc2ccc(F)cc2)CCCC4)c1. The summed E-state index contributed by atoms with van der Waals surface area (Å²) in [6, 6.07) is 17.9. The smallest absolute Gasteiger partial charge is 0.318 e. The fourth-order valence-corrected chi connectivity index (χ4v) is 6.83. The molecule has 1 N–H and O–H groups in total. The van der Waals surface area contributed by atoms with E-state index in [9.17, 15) is 9.18 Å². The molecule has 6 rings (SSSR count). The van der Waals surface area contributed by atoms with Crippen LogP contribution in [0.3, 0.4) is 0 Å². The fraction of sp³-hybridized carbons (Fsp3) is 0.276. The van der Waals surface area contributed by atoms with Crippen molar-refractivity contribution in [1.82, 2.24) is 14.8 Å². The number of carbonyl (C=O) groups is 1. The number of hydrogen-bond acceptors (Lipinski definition) is 3. The van der Waals surface area contributed by atoms with Crippen LogP contribution in [0.4, 0.5) is 9.18 Å². The molecule has 5 nitrogen and oxygen atoms in total. The Morgan fingerprint density at radius 2 is 1.92 bits per heavy atom. The Hall–Kier alpha value is -3.58. The first-order valence-electron chi connectivity index (χ1n) is 12.4.